The van der Waals surface area contributed by atoms with Gasteiger partial charge in [-0.2, -0.15) is 0 Å². The van der Waals surface area contributed by atoms with Crippen molar-refractivity contribution in [2.75, 3.05) is 13.2 Å². The Morgan fingerprint density at radius 2 is 1.77 bits per heavy atom. The van der Waals surface area contributed by atoms with E-state index in [9.17, 15) is 14.0 Å². The zero-order chi connectivity index (χ0) is 20.9. The molecule has 0 aliphatic carbocycles. The Balaban J connectivity index is 1.40. The molecule has 5 nitrogen and oxygen atoms in total. The third-order valence-corrected chi connectivity index (χ3v) is 5.72. The number of fused-ring (bicyclic) bond motifs is 1. The molecule has 2 heterocycles. The monoisotopic (exact) mass is 425 g/mol. The molecular formula is C23H20FNO4S. The molecule has 30 heavy (non-hydrogen) atoms. The molecule has 1 aliphatic rings. The second-order valence-electron chi connectivity index (χ2n) is 6.85. The highest BCUT2D eigenvalue weighted by Gasteiger charge is 2.20. The van der Waals surface area contributed by atoms with Crippen LogP contribution in [0.25, 0.3) is 0 Å². The van der Waals surface area contributed by atoms with Gasteiger partial charge in [0.1, 0.15) is 19.0 Å². The molecule has 3 aromatic rings. The van der Waals surface area contributed by atoms with Gasteiger partial charge in [0.15, 0.2) is 17.3 Å². The molecule has 7 heteroatoms. The summed E-state index contributed by atoms with van der Waals surface area (Å²) in [5, 5.41) is 4.88. The topological polar surface area (TPSA) is 64.6 Å². The number of Topliss-reactive ketones (excluding diaryl/α,β-unsaturated/α-hetero) is 1. The number of ether oxygens (including phenoxy) is 2. The molecule has 2 aromatic carbocycles. The number of thiophene rings is 1. The third-order valence-electron chi connectivity index (χ3n) is 4.78. The molecule has 1 aliphatic heterocycles. The van der Waals surface area contributed by atoms with E-state index < -0.39 is 0 Å². The van der Waals surface area contributed by atoms with Gasteiger partial charge in [0.25, 0.3) is 0 Å². The first-order valence-electron chi connectivity index (χ1n) is 9.61. The van der Waals surface area contributed by atoms with Crippen LogP contribution in [0, 0.1) is 5.82 Å². The van der Waals surface area contributed by atoms with Crippen LogP contribution in [0.2, 0.25) is 0 Å². The zero-order valence-electron chi connectivity index (χ0n) is 16.1. The van der Waals surface area contributed by atoms with Gasteiger partial charge in [-0.15, -0.1) is 11.3 Å². The first-order valence-corrected chi connectivity index (χ1v) is 10.5. The minimum Gasteiger partial charge on any atom is -0.486 e. The van der Waals surface area contributed by atoms with Crippen molar-refractivity contribution in [3.8, 4) is 11.5 Å². The van der Waals surface area contributed by atoms with Gasteiger partial charge in [-0.3, -0.25) is 9.59 Å². The summed E-state index contributed by atoms with van der Waals surface area (Å²) in [6.45, 7) is 0.931. The number of halogens is 1. The van der Waals surface area contributed by atoms with Crippen LogP contribution in [0.3, 0.4) is 0 Å². The number of rotatable bonds is 7. The van der Waals surface area contributed by atoms with E-state index in [-0.39, 0.29) is 36.4 Å². The number of carbonyl (C=O) groups is 2. The summed E-state index contributed by atoms with van der Waals surface area (Å²) in [6, 6.07) is 14.5. The fourth-order valence-electron chi connectivity index (χ4n) is 3.25. The van der Waals surface area contributed by atoms with E-state index in [0.717, 1.165) is 10.4 Å². The molecule has 1 aromatic heterocycles. The Kier molecular flexibility index (Phi) is 6.09. The van der Waals surface area contributed by atoms with E-state index in [4.69, 9.17) is 9.47 Å². The lowest BCUT2D eigenvalue weighted by Crippen LogP contribution is -2.29. The first-order chi connectivity index (χ1) is 14.6. The highest BCUT2D eigenvalue weighted by molar-refractivity contribution is 7.10. The Bertz CT molecular complexity index is 1030. The maximum atomic E-state index is 13.3. The summed E-state index contributed by atoms with van der Waals surface area (Å²) in [5.74, 6) is 0.444. The average molecular weight is 425 g/mol. The third kappa shape index (κ3) is 4.68. The molecule has 0 saturated heterocycles. The summed E-state index contributed by atoms with van der Waals surface area (Å²) in [6.07, 6.45) is 0.127. The van der Waals surface area contributed by atoms with Crippen molar-refractivity contribution in [3.05, 3.63) is 81.8 Å². The number of nitrogens with one attached hydrogen (secondary N) is 1. The molecular weight excluding hydrogens is 405 g/mol. The number of hydrogen-bond donors (Lipinski definition) is 1. The summed E-state index contributed by atoms with van der Waals surface area (Å²) in [5.41, 5.74) is 1.27. The minimum atomic E-state index is -0.387. The van der Waals surface area contributed by atoms with Crippen LogP contribution in [-0.2, 0) is 4.79 Å². The zero-order valence-corrected chi connectivity index (χ0v) is 16.9. The number of carbonyl (C=O) groups excluding carboxylic acids is 2. The first kappa shape index (κ1) is 20.1. The van der Waals surface area contributed by atoms with Crippen molar-refractivity contribution in [2.24, 2.45) is 0 Å². The van der Waals surface area contributed by atoms with E-state index in [2.05, 4.69) is 5.32 Å². The van der Waals surface area contributed by atoms with Gasteiger partial charge in [0, 0.05) is 23.3 Å². The van der Waals surface area contributed by atoms with Crippen molar-refractivity contribution in [3.63, 3.8) is 0 Å². The molecule has 0 spiro atoms. The van der Waals surface area contributed by atoms with Crippen LogP contribution in [0.15, 0.2) is 60.0 Å². The second kappa shape index (κ2) is 9.09. The van der Waals surface area contributed by atoms with Crippen molar-refractivity contribution in [2.45, 2.75) is 18.9 Å². The van der Waals surface area contributed by atoms with Crippen molar-refractivity contribution in [1.82, 2.24) is 5.32 Å². The van der Waals surface area contributed by atoms with Gasteiger partial charge >= 0.3 is 0 Å². The van der Waals surface area contributed by atoms with Crippen molar-refractivity contribution in [1.29, 1.82) is 0 Å². The summed E-state index contributed by atoms with van der Waals surface area (Å²) in [4.78, 5) is 26.1. The maximum absolute atomic E-state index is 13.3. The van der Waals surface area contributed by atoms with E-state index >= 15 is 0 Å². The molecule has 4 rings (SSSR count). The molecule has 1 amide bonds. The average Bonchev–Trinajstić information content (AvgIpc) is 3.31. The summed E-state index contributed by atoms with van der Waals surface area (Å²) in [7, 11) is 0. The highest BCUT2D eigenvalue weighted by atomic mass is 32.1. The molecule has 0 radical (unpaired) electrons. The fourth-order valence-corrected chi connectivity index (χ4v) is 4.05. The quantitative estimate of drug-likeness (QED) is 0.565. The van der Waals surface area contributed by atoms with Crippen LogP contribution in [-0.4, -0.2) is 24.9 Å². The molecule has 1 unspecified atom stereocenters. The molecule has 1 N–H and O–H groups in total. The number of hydrogen-bond acceptors (Lipinski definition) is 5. The van der Waals surface area contributed by atoms with E-state index in [1.165, 1.54) is 23.5 Å². The van der Waals surface area contributed by atoms with Crippen molar-refractivity contribution >= 4 is 23.0 Å². The highest BCUT2D eigenvalue weighted by Crippen LogP contribution is 2.31. The van der Waals surface area contributed by atoms with Crippen LogP contribution >= 0.6 is 11.3 Å². The van der Waals surface area contributed by atoms with Gasteiger partial charge in [0.2, 0.25) is 5.91 Å². The number of ketones is 1. The molecule has 0 saturated carbocycles. The van der Waals surface area contributed by atoms with Crippen LogP contribution < -0.4 is 14.8 Å². The van der Waals surface area contributed by atoms with E-state index in [1.807, 2.05) is 17.5 Å². The standard InChI is InChI=1S/C23H20FNO4S/c24-17-6-3-15(4-7-17)23(21-2-1-13-30-21)25-22(27)10-8-18(26)16-5-9-19-20(14-16)29-12-11-28-19/h1-7,9,13-14,23H,8,10-12H2,(H,25,27). The maximum Gasteiger partial charge on any atom is 0.221 e. The predicted octanol–water partition coefficient (Wildman–Crippen LogP) is 4.53. The number of benzene rings is 2. The summed E-state index contributed by atoms with van der Waals surface area (Å²) >= 11 is 1.51. The smallest absolute Gasteiger partial charge is 0.221 e. The van der Waals surface area contributed by atoms with Crippen LogP contribution in [0.4, 0.5) is 4.39 Å². The Morgan fingerprint density at radius 1 is 1.00 bits per heavy atom. The largest absolute Gasteiger partial charge is 0.486 e. The van der Waals surface area contributed by atoms with Gasteiger partial charge in [0.05, 0.1) is 6.04 Å². The van der Waals surface area contributed by atoms with Gasteiger partial charge in [-0.05, 0) is 47.3 Å². The summed E-state index contributed by atoms with van der Waals surface area (Å²) < 4.78 is 24.3. The van der Waals surface area contributed by atoms with Crippen LogP contribution in [0.1, 0.15) is 39.7 Å². The van der Waals surface area contributed by atoms with E-state index in [0.29, 0.717) is 30.3 Å². The van der Waals surface area contributed by atoms with E-state index in [1.54, 1.807) is 30.3 Å². The molecule has 0 bridgehead atoms. The predicted molar refractivity (Wildman–Crippen MR) is 112 cm³/mol. The SMILES string of the molecule is O=C(CCC(=O)c1ccc2c(c1)OCCO2)NC(c1ccc(F)cc1)c1cccs1. The lowest BCUT2D eigenvalue weighted by molar-refractivity contribution is -0.121. The normalized spacial score (nSPS) is 13.5. The Labute approximate surface area is 177 Å². The van der Waals surface area contributed by atoms with Gasteiger partial charge < -0.3 is 14.8 Å². The lowest BCUT2D eigenvalue weighted by Gasteiger charge is -2.19. The van der Waals surface area contributed by atoms with Gasteiger partial charge in [-0.25, -0.2) is 4.39 Å². The second-order valence-corrected chi connectivity index (χ2v) is 7.83. The Hall–Kier alpha value is -3.19. The molecule has 1 atom stereocenters. The molecule has 0 fully saturated rings. The Morgan fingerprint density at radius 3 is 2.50 bits per heavy atom. The lowest BCUT2D eigenvalue weighted by atomic mass is 10.0. The van der Waals surface area contributed by atoms with Crippen LogP contribution in [0.5, 0.6) is 11.5 Å². The minimum absolute atomic E-state index is 0.0519. The number of amides is 1. The van der Waals surface area contributed by atoms with Crippen molar-refractivity contribution < 1.29 is 23.5 Å². The van der Waals surface area contributed by atoms with Gasteiger partial charge in [-0.1, -0.05) is 18.2 Å². The molecule has 154 valence electrons. The fraction of sp³-hybridized carbons (Fsp3) is 0.217.